The van der Waals surface area contributed by atoms with E-state index < -0.39 is 0 Å². The van der Waals surface area contributed by atoms with Gasteiger partial charge in [-0.25, -0.2) is 0 Å². The van der Waals surface area contributed by atoms with Gasteiger partial charge in [0.1, 0.15) is 0 Å². The molecule has 0 atom stereocenters. The number of hydrogen-bond acceptors (Lipinski definition) is 5. The van der Waals surface area contributed by atoms with Gasteiger partial charge in [-0.3, -0.25) is 19.8 Å². The van der Waals surface area contributed by atoms with Gasteiger partial charge < -0.3 is 10.1 Å². The van der Waals surface area contributed by atoms with Gasteiger partial charge in [-0.15, -0.1) is 0 Å². The first-order valence-electron chi connectivity index (χ1n) is 10.0. The smallest absolute Gasteiger partial charge is 0.248 e. The van der Waals surface area contributed by atoms with E-state index in [1.165, 1.54) is 11.6 Å². The van der Waals surface area contributed by atoms with E-state index in [1.54, 1.807) is 18.5 Å². The van der Waals surface area contributed by atoms with Crippen LogP contribution in [0.4, 0.5) is 5.69 Å². The van der Waals surface area contributed by atoms with E-state index in [1.807, 2.05) is 31.3 Å². The van der Waals surface area contributed by atoms with Gasteiger partial charge in [0, 0.05) is 61.1 Å². The van der Waals surface area contributed by atoms with Crippen molar-refractivity contribution in [1.29, 1.82) is 0 Å². The highest BCUT2D eigenvalue weighted by atomic mass is 16.5. The second-order valence-electron chi connectivity index (χ2n) is 7.26. The van der Waals surface area contributed by atoms with Gasteiger partial charge in [0.15, 0.2) is 0 Å². The number of amides is 1. The van der Waals surface area contributed by atoms with E-state index in [2.05, 4.69) is 37.5 Å². The van der Waals surface area contributed by atoms with Crippen LogP contribution >= 0.6 is 0 Å². The number of pyridine rings is 1. The summed E-state index contributed by atoms with van der Waals surface area (Å²) in [5.41, 5.74) is 5.73. The highest BCUT2D eigenvalue weighted by molar-refractivity contribution is 6.02. The molecule has 1 saturated heterocycles. The number of morpholine rings is 1. The molecule has 0 unspecified atom stereocenters. The Labute approximate surface area is 175 Å². The van der Waals surface area contributed by atoms with Crippen LogP contribution in [-0.4, -0.2) is 52.3 Å². The maximum atomic E-state index is 12.4. The van der Waals surface area contributed by atoms with Crippen molar-refractivity contribution in [3.8, 4) is 11.1 Å². The topological polar surface area (TPSA) is 83.1 Å². The van der Waals surface area contributed by atoms with Crippen LogP contribution in [0.2, 0.25) is 0 Å². The molecule has 1 aliphatic rings. The zero-order valence-corrected chi connectivity index (χ0v) is 17.0. The van der Waals surface area contributed by atoms with Crippen molar-refractivity contribution < 1.29 is 9.53 Å². The molecule has 30 heavy (non-hydrogen) atoms. The SMILES string of the molecule is Cc1n[nH]cc1-c1ccncc1/C=C/C(=O)Nc1ccc(CN2CCOCC2)cc1. The van der Waals surface area contributed by atoms with Crippen LogP contribution in [0.15, 0.2) is 55.0 Å². The van der Waals surface area contributed by atoms with Crippen LogP contribution in [0, 0.1) is 6.92 Å². The molecule has 1 aromatic carbocycles. The number of H-pyrrole nitrogens is 1. The number of ether oxygens (including phenoxy) is 1. The van der Waals surface area contributed by atoms with Crippen LogP contribution in [0.3, 0.4) is 0 Å². The fourth-order valence-corrected chi connectivity index (χ4v) is 3.48. The zero-order valence-electron chi connectivity index (χ0n) is 17.0. The Balaban J connectivity index is 1.38. The summed E-state index contributed by atoms with van der Waals surface area (Å²) in [5.74, 6) is -0.186. The third kappa shape index (κ3) is 5.00. The summed E-state index contributed by atoms with van der Waals surface area (Å²) in [6, 6.07) is 9.89. The lowest BCUT2D eigenvalue weighted by atomic mass is 10.0. The highest BCUT2D eigenvalue weighted by Gasteiger charge is 2.11. The summed E-state index contributed by atoms with van der Waals surface area (Å²) in [6.07, 6.45) is 8.62. The number of carbonyl (C=O) groups excluding carboxylic acids is 1. The maximum absolute atomic E-state index is 12.4. The minimum absolute atomic E-state index is 0.186. The van der Waals surface area contributed by atoms with Gasteiger partial charge in [0.05, 0.1) is 18.9 Å². The lowest BCUT2D eigenvalue weighted by Gasteiger charge is -2.26. The Bertz CT molecular complexity index is 1020. The van der Waals surface area contributed by atoms with Gasteiger partial charge >= 0.3 is 0 Å². The summed E-state index contributed by atoms with van der Waals surface area (Å²) < 4.78 is 5.39. The average molecular weight is 403 g/mol. The molecule has 1 aliphatic heterocycles. The number of hydrogen-bond donors (Lipinski definition) is 2. The van der Waals surface area contributed by atoms with E-state index in [9.17, 15) is 4.79 Å². The van der Waals surface area contributed by atoms with Crippen LogP contribution < -0.4 is 5.32 Å². The molecule has 2 N–H and O–H groups in total. The van der Waals surface area contributed by atoms with Crippen molar-refractivity contribution in [2.75, 3.05) is 31.6 Å². The highest BCUT2D eigenvalue weighted by Crippen LogP contribution is 2.25. The van der Waals surface area contributed by atoms with Crippen molar-refractivity contribution >= 4 is 17.7 Å². The Morgan fingerprint density at radius 1 is 1.20 bits per heavy atom. The molecule has 0 bridgehead atoms. The zero-order chi connectivity index (χ0) is 20.8. The predicted molar refractivity (Wildman–Crippen MR) is 117 cm³/mol. The second-order valence-corrected chi connectivity index (χ2v) is 7.26. The van der Waals surface area contributed by atoms with Crippen molar-refractivity contribution in [3.05, 3.63) is 71.8 Å². The van der Waals surface area contributed by atoms with Crippen molar-refractivity contribution in [2.24, 2.45) is 0 Å². The summed E-state index contributed by atoms with van der Waals surface area (Å²) >= 11 is 0. The molecule has 4 rings (SSSR count). The molecular weight excluding hydrogens is 378 g/mol. The lowest BCUT2D eigenvalue weighted by molar-refractivity contribution is -0.111. The van der Waals surface area contributed by atoms with Gasteiger partial charge in [0.25, 0.3) is 0 Å². The maximum Gasteiger partial charge on any atom is 0.248 e. The summed E-state index contributed by atoms with van der Waals surface area (Å²) in [7, 11) is 0. The first-order valence-corrected chi connectivity index (χ1v) is 10.0. The largest absolute Gasteiger partial charge is 0.379 e. The molecule has 1 amide bonds. The predicted octanol–water partition coefficient (Wildman–Crippen LogP) is 3.26. The first kappa shape index (κ1) is 20.0. The molecule has 7 heteroatoms. The van der Waals surface area contributed by atoms with E-state index >= 15 is 0 Å². The molecule has 0 spiro atoms. The molecule has 0 saturated carbocycles. The van der Waals surface area contributed by atoms with E-state index in [0.717, 1.165) is 60.9 Å². The number of rotatable bonds is 6. The Morgan fingerprint density at radius 3 is 2.73 bits per heavy atom. The summed E-state index contributed by atoms with van der Waals surface area (Å²) in [6.45, 7) is 6.33. The summed E-state index contributed by atoms with van der Waals surface area (Å²) in [5, 5.41) is 9.95. The molecular formula is C23H25N5O2. The van der Waals surface area contributed by atoms with E-state index in [0.29, 0.717) is 0 Å². The van der Waals surface area contributed by atoms with Gasteiger partial charge in [-0.2, -0.15) is 5.10 Å². The van der Waals surface area contributed by atoms with E-state index in [4.69, 9.17) is 4.74 Å². The Kier molecular flexibility index (Phi) is 6.32. The van der Waals surface area contributed by atoms with Gasteiger partial charge in [-0.1, -0.05) is 12.1 Å². The third-order valence-electron chi connectivity index (χ3n) is 5.12. The number of anilines is 1. The Morgan fingerprint density at radius 2 is 2.00 bits per heavy atom. The van der Waals surface area contributed by atoms with Crippen molar-refractivity contribution in [3.63, 3.8) is 0 Å². The summed E-state index contributed by atoms with van der Waals surface area (Å²) in [4.78, 5) is 18.9. The number of aromatic amines is 1. The minimum Gasteiger partial charge on any atom is -0.379 e. The second kappa shape index (κ2) is 9.47. The van der Waals surface area contributed by atoms with Crippen molar-refractivity contribution in [1.82, 2.24) is 20.1 Å². The average Bonchev–Trinajstić information content (AvgIpc) is 3.20. The van der Waals surface area contributed by atoms with Crippen LogP contribution in [0.5, 0.6) is 0 Å². The minimum atomic E-state index is -0.186. The molecule has 7 nitrogen and oxygen atoms in total. The van der Waals surface area contributed by atoms with E-state index in [-0.39, 0.29) is 5.91 Å². The number of benzene rings is 1. The lowest BCUT2D eigenvalue weighted by Crippen LogP contribution is -2.35. The normalized spacial score (nSPS) is 14.8. The number of carbonyl (C=O) groups is 1. The monoisotopic (exact) mass is 403 g/mol. The van der Waals surface area contributed by atoms with Crippen molar-refractivity contribution in [2.45, 2.75) is 13.5 Å². The fraction of sp³-hybridized carbons (Fsp3) is 0.261. The fourth-order valence-electron chi connectivity index (χ4n) is 3.48. The number of aromatic nitrogens is 3. The van der Waals surface area contributed by atoms with Gasteiger partial charge in [0.2, 0.25) is 5.91 Å². The molecule has 3 heterocycles. The number of nitrogens with one attached hydrogen (secondary N) is 2. The van der Waals surface area contributed by atoms with Crippen LogP contribution in [-0.2, 0) is 16.1 Å². The molecule has 154 valence electrons. The molecule has 0 aliphatic carbocycles. The van der Waals surface area contributed by atoms with Gasteiger partial charge in [-0.05, 0) is 42.3 Å². The number of nitrogens with zero attached hydrogens (tertiary/aromatic N) is 3. The quantitative estimate of drug-likeness (QED) is 0.617. The van der Waals surface area contributed by atoms with Crippen LogP contribution in [0.25, 0.3) is 17.2 Å². The third-order valence-corrected chi connectivity index (χ3v) is 5.12. The molecule has 3 aromatic rings. The number of aryl methyl sites for hydroxylation is 1. The molecule has 0 radical (unpaired) electrons. The standard InChI is InChI=1S/C23H25N5O2/c1-17-22(15-25-27-17)21-8-9-24-14-19(21)4-7-23(29)26-20-5-2-18(3-6-20)16-28-10-12-30-13-11-28/h2-9,14-15H,10-13,16H2,1H3,(H,25,27)(H,26,29)/b7-4+. The molecule has 1 fully saturated rings. The molecule has 2 aromatic heterocycles. The van der Waals surface area contributed by atoms with Crippen LogP contribution in [0.1, 0.15) is 16.8 Å². The Hall–Kier alpha value is -3.29. The first-order chi connectivity index (χ1) is 14.7.